The number of anilines is 1. The Bertz CT molecular complexity index is 854. The van der Waals surface area contributed by atoms with Gasteiger partial charge >= 0.3 is 0 Å². The van der Waals surface area contributed by atoms with Crippen LogP contribution in [0.25, 0.3) is 22.6 Å². The summed E-state index contributed by atoms with van der Waals surface area (Å²) in [5.41, 5.74) is 1.92. The molecule has 3 aromatic rings. The van der Waals surface area contributed by atoms with E-state index in [9.17, 15) is 13.2 Å². The number of halogens is 3. The fourth-order valence-corrected chi connectivity index (χ4v) is 2.26. The van der Waals surface area contributed by atoms with Crippen molar-refractivity contribution in [3.8, 4) is 11.5 Å². The molecular formula is C17H16F3N3O. The highest BCUT2D eigenvalue weighted by Crippen LogP contribution is 2.28. The molecule has 1 aromatic heterocycles. The Kier molecular flexibility index (Phi) is 4.44. The minimum Gasteiger partial charge on any atom is -0.436 e. The van der Waals surface area contributed by atoms with Crippen molar-refractivity contribution in [3.63, 3.8) is 0 Å². The molecule has 0 saturated carbocycles. The number of nitrogens with one attached hydrogen (secondary N) is 1. The predicted molar refractivity (Wildman–Crippen MR) is 86.4 cm³/mol. The third-order valence-electron chi connectivity index (χ3n) is 3.51. The van der Waals surface area contributed by atoms with Crippen LogP contribution in [0.2, 0.25) is 0 Å². The summed E-state index contributed by atoms with van der Waals surface area (Å²) in [6, 6.07) is 7.07. The quantitative estimate of drug-likeness (QED) is 0.719. The Labute approximate surface area is 136 Å². The fourth-order valence-electron chi connectivity index (χ4n) is 2.26. The van der Waals surface area contributed by atoms with Crippen LogP contribution in [0, 0.1) is 17.5 Å². The maximum absolute atomic E-state index is 13.4. The summed E-state index contributed by atoms with van der Waals surface area (Å²) in [6.45, 7) is 1.63. The maximum atomic E-state index is 13.4. The van der Waals surface area contributed by atoms with E-state index in [2.05, 4.69) is 15.2 Å². The number of fused-ring (bicyclic) bond motifs is 1. The smallest absolute Gasteiger partial charge is 0.227 e. The van der Waals surface area contributed by atoms with Gasteiger partial charge in [-0.05, 0) is 38.4 Å². The molecule has 0 bridgehead atoms. The van der Waals surface area contributed by atoms with E-state index < -0.39 is 17.5 Å². The van der Waals surface area contributed by atoms with Crippen molar-refractivity contribution < 1.29 is 17.6 Å². The summed E-state index contributed by atoms with van der Waals surface area (Å²) in [6.07, 6.45) is 0. The third kappa shape index (κ3) is 3.35. The summed E-state index contributed by atoms with van der Waals surface area (Å²) in [4.78, 5) is 6.24. The molecule has 0 atom stereocenters. The molecule has 0 saturated heterocycles. The number of oxazole rings is 1. The van der Waals surface area contributed by atoms with Gasteiger partial charge < -0.3 is 14.6 Å². The molecule has 0 aliphatic rings. The SMILES string of the molecule is CN(C)CCNc1ccc2nc(-c3cc(F)c(F)c(F)c3)oc2c1. The Morgan fingerprint density at radius 3 is 2.46 bits per heavy atom. The molecule has 4 nitrogen and oxygen atoms in total. The van der Waals surface area contributed by atoms with E-state index >= 15 is 0 Å². The minimum absolute atomic E-state index is 0.0354. The molecule has 0 aliphatic carbocycles. The van der Waals surface area contributed by atoms with Gasteiger partial charge in [0.25, 0.3) is 0 Å². The van der Waals surface area contributed by atoms with Crippen molar-refractivity contribution in [2.45, 2.75) is 0 Å². The molecular weight excluding hydrogens is 319 g/mol. The first-order valence-corrected chi connectivity index (χ1v) is 7.38. The van der Waals surface area contributed by atoms with Crippen LogP contribution < -0.4 is 5.32 Å². The molecule has 0 amide bonds. The lowest BCUT2D eigenvalue weighted by atomic mass is 10.2. The first-order chi connectivity index (χ1) is 11.4. The lowest BCUT2D eigenvalue weighted by molar-refractivity contribution is 0.425. The van der Waals surface area contributed by atoms with Gasteiger partial charge in [-0.15, -0.1) is 0 Å². The monoisotopic (exact) mass is 335 g/mol. The minimum atomic E-state index is -1.51. The van der Waals surface area contributed by atoms with Gasteiger partial charge in [0, 0.05) is 30.4 Å². The molecule has 2 aromatic carbocycles. The highest BCUT2D eigenvalue weighted by Gasteiger charge is 2.15. The van der Waals surface area contributed by atoms with Crippen molar-refractivity contribution in [1.82, 2.24) is 9.88 Å². The van der Waals surface area contributed by atoms with Gasteiger partial charge in [-0.3, -0.25) is 0 Å². The molecule has 0 spiro atoms. The first kappa shape index (κ1) is 16.3. The van der Waals surface area contributed by atoms with Crippen molar-refractivity contribution in [3.05, 3.63) is 47.8 Å². The van der Waals surface area contributed by atoms with Gasteiger partial charge in [0.15, 0.2) is 23.0 Å². The molecule has 1 heterocycles. The molecule has 24 heavy (non-hydrogen) atoms. The Balaban J connectivity index is 1.88. The summed E-state index contributed by atoms with van der Waals surface area (Å²) >= 11 is 0. The van der Waals surface area contributed by atoms with Gasteiger partial charge in [0.05, 0.1) is 0 Å². The standard InChI is InChI=1S/C17H16F3N3O/c1-23(2)6-5-21-11-3-4-14-15(9-11)24-17(22-14)10-7-12(18)16(20)13(19)8-10/h3-4,7-9,21H,5-6H2,1-2H3. The van der Waals surface area contributed by atoms with Crippen molar-refractivity contribution in [2.75, 3.05) is 32.5 Å². The van der Waals surface area contributed by atoms with Crippen LogP contribution >= 0.6 is 0 Å². The summed E-state index contributed by atoms with van der Waals surface area (Å²) < 4.78 is 45.3. The molecule has 3 rings (SSSR count). The molecule has 0 radical (unpaired) electrons. The molecule has 0 fully saturated rings. The average molecular weight is 335 g/mol. The molecule has 1 N–H and O–H groups in total. The van der Waals surface area contributed by atoms with Gasteiger partial charge in [0.1, 0.15) is 5.52 Å². The first-order valence-electron chi connectivity index (χ1n) is 7.38. The number of rotatable bonds is 5. The van der Waals surface area contributed by atoms with E-state index in [-0.39, 0.29) is 11.5 Å². The van der Waals surface area contributed by atoms with Crippen molar-refractivity contribution >= 4 is 16.8 Å². The van der Waals surface area contributed by atoms with Crippen LogP contribution in [-0.4, -0.2) is 37.1 Å². The highest BCUT2D eigenvalue weighted by molar-refractivity contribution is 5.79. The van der Waals surface area contributed by atoms with Gasteiger partial charge in [-0.2, -0.15) is 0 Å². The second kappa shape index (κ2) is 6.52. The molecule has 126 valence electrons. The Hall–Kier alpha value is -2.54. The van der Waals surface area contributed by atoms with Gasteiger partial charge in [0.2, 0.25) is 5.89 Å². The lowest BCUT2D eigenvalue weighted by Gasteiger charge is -2.10. The van der Waals surface area contributed by atoms with Crippen LogP contribution in [-0.2, 0) is 0 Å². The van der Waals surface area contributed by atoms with Gasteiger partial charge in [-0.25, -0.2) is 18.2 Å². The zero-order valence-corrected chi connectivity index (χ0v) is 13.2. The number of aromatic nitrogens is 1. The van der Waals surface area contributed by atoms with Crippen LogP contribution in [0.1, 0.15) is 0 Å². The maximum Gasteiger partial charge on any atom is 0.227 e. The average Bonchev–Trinajstić information content (AvgIpc) is 2.95. The van der Waals surface area contributed by atoms with Crippen LogP contribution in [0.4, 0.5) is 18.9 Å². The number of likely N-dealkylation sites (N-methyl/N-ethyl adjacent to an activating group) is 1. The van der Waals surface area contributed by atoms with Gasteiger partial charge in [-0.1, -0.05) is 0 Å². The summed E-state index contributed by atoms with van der Waals surface area (Å²) in [7, 11) is 3.96. The number of nitrogens with zero attached hydrogens (tertiary/aromatic N) is 2. The number of benzene rings is 2. The number of hydrogen-bond acceptors (Lipinski definition) is 4. The van der Waals surface area contributed by atoms with E-state index in [1.165, 1.54) is 0 Å². The largest absolute Gasteiger partial charge is 0.436 e. The van der Waals surface area contributed by atoms with Crippen LogP contribution in [0.5, 0.6) is 0 Å². The summed E-state index contributed by atoms with van der Waals surface area (Å²) in [5.74, 6) is -4.04. The summed E-state index contributed by atoms with van der Waals surface area (Å²) in [5, 5.41) is 3.24. The number of hydrogen-bond donors (Lipinski definition) is 1. The van der Waals surface area contributed by atoms with Crippen molar-refractivity contribution in [1.29, 1.82) is 0 Å². The van der Waals surface area contributed by atoms with E-state index in [1.54, 1.807) is 12.1 Å². The Morgan fingerprint density at radius 1 is 1.08 bits per heavy atom. The lowest BCUT2D eigenvalue weighted by Crippen LogP contribution is -2.20. The normalized spacial score (nSPS) is 11.4. The van der Waals surface area contributed by atoms with Crippen LogP contribution in [0.15, 0.2) is 34.7 Å². The van der Waals surface area contributed by atoms with Crippen molar-refractivity contribution in [2.24, 2.45) is 0 Å². The zero-order chi connectivity index (χ0) is 17.3. The van der Waals surface area contributed by atoms with E-state index in [1.807, 2.05) is 20.2 Å². The molecule has 7 heteroatoms. The van der Waals surface area contributed by atoms with Crippen LogP contribution in [0.3, 0.4) is 0 Å². The zero-order valence-electron chi connectivity index (χ0n) is 13.2. The van der Waals surface area contributed by atoms with E-state index in [0.29, 0.717) is 11.1 Å². The Morgan fingerprint density at radius 2 is 1.79 bits per heavy atom. The fraction of sp³-hybridized carbons (Fsp3) is 0.235. The van der Waals surface area contributed by atoms with E-state index in [0.717, 1.165) is 30.9 Å². The second-order valence-electron chi connectivity index (χ2n) is 5.69. The topological polar surface area (TPSA) is 41.3 Å². The second-order valence-corrected chi connectivity index (χ2v) is 5.69. The third-order valence-corrected chi connectivity index (χ3v) is 3.51. The van der Waals surface area contributed by atoms with E-state index in [4.69, 9.17) is 4.42 Å². The molecule has 0 aliphatic heterocycles. The predicted octanol–water partition coefficient (Wildman–Crippen LogP) is 3.89. The highest BCUT2D eigenvalue weighted by atomic mass is 19.2. The molecule has 0 unspecified atom stereocenters.